The molecule has 25 heavy (non-hydrogen) atoms. The molecule has 1 aliphatic heterocycles. The number of ether oxygens (including phenoxy) is 2. The van der Waals surface area contributed by atoms with Gasteiger partial charge in [0, 0.05) is 0 Å². The molecule has 0 spiro atoms. The zero-order chi connectivity index (χ0) is 18.6. The first-order valence-corrected chi connectivity index (χ1v) is 7.97. The van der Waals surface area contributed by atoms with Crippen LogP contribution in [0, 0.1) is 12.3 Å². The summed E-state index contributed by atoms with van der Waals surface area (Å²) in [4.78, 5) is 35.4. The Morgan fingerprint density at radius 2 is 2.20 bits per heavy atom. The number of amides is 2. The summed E-state index contributed by atoms with van der Waals surface area (Å²) in [6, 6.07) is 3.07. The van der Waals surface area contributed by atoms with Crippen LogP contribution in [0.15, 0.2) is 17.0 Å². The summed E-state index contributed by atoms with van der Waals surface area (Å²) in [6.45, 7) is -0.686. The van der Waals surface area contributed by atoms with Gasteiger partial charge in [-0.15, -0.1) is 6.42 Å². The highest BCUT2D eigenvalue weighted by atomic mass is 35.5. The summed E-state index contributed by atoms with van der Waals surface area (Å²) in [5.74, 6) is 0.923. The van der Waals surface area contributed by atoms with Crippen LogP contribution < -0.4 is 9.47 Å². The molecule has 1 heterocycles. The largest absolute Gasteiger partial charge is 0.493 e. The Kier molecular flexibility index (Phi) is 5.96. The fourth-order valence-electron chi connectivity index (χ4n) is 2.00. The van der Waals surface area contributed by atoms with Crippen molar-refractivity contribution in [1.29, 1.82) is 0 Å². The Labute approximate surface area is 152 Å². The molecule has 130 valence electrons. The SMILES string of the molecule is C#CCOc1c(Cl)cc(/C=C2/SC(=O)N(CC(=O)O)C2=O)cc1OC. The average Bonchev–Trinajstić information content (AvgIpc) is 2.80. The van der Waals surface area contributed by atoms with Crippen molar-refractivity contribution < 1.29 is 29.0 Å². The molecule has 9 heteroatoms. The van der Waals surface area contributed by atoms with E-state index in [2.05, 4.69) is 5.92 Å². The van der Waals surface area contributed by atoms with Gasteiger partial charge in [0.2, 0.25) is 0 Å². The van der Waals surface area contributed by atoms with Crippen LogP contribution in [0.1, 0.15) is 5.56 Å². The van der Waals surface area contributed by atoms with Gasteiger partial charge in [0.1, 0.15) is 13.2 Å². The van der Waals surface area contributed by atoms with Gasteiger partial charge in [-0.3, -0.25) is 19.3 Å². The maximum atomic E-state index is 12.1. The van der Waals surface area contributed by atoms with E-state index in [-0.39, 0.29) is 22.3 Å². The average molecular weight is 382 g/mol. The van der Waals surface area contributed by atoms with Gasteiger partial charge in [-0.25, -0.2) is 0 Å². The molecule has 0 aromatic heterocycles. The third kappa shape index (κ3) is 4.26. The molecule has 7 nitrogen and oxygen atoms in total. The first-order chi connectivity index (χ1) is 11.9. The van der Waals surface area contributed by atoms with Crippen LogP contribution in [0.3, 0.4) is 0 Å². The smallest absolute Gasteiger partial charge is 0.323 e. The van der Waals surface area contributed by atoms with E-state index in [4.69, 9.17) is 32.6 Å². The molecule has 1 aromatic rings. The monoisotopic (exact) mass is 381 g/mol. The summed E-state index contributed by atoms with van der Waals surface area (Å²) in [5.41, 5.74) is 0.482. The van der Waals surface area contributed by atoms with E-state index in [0.29, 0.717) is 28.0 Å². The number of carbonyl (C=O) groups excluding carboxylic acids is 2. The van der Waals surface area contributed by atoms with Crippen LogP contribution in [0.5, 0.6) is 11.5 Å². The third-order valence-corrected chi connectivity index (χ3v) is 4.20. The highest BCUT2D eigenvalue weighted by Gasteiger charge is 2.36. The number of halogens is 1. The zero-order valence-electron chi connectivity index (χ0n) is 12.9. The van der Waals surface area contributed by atoms with E-state index in [1.165, 1.54) is 19.3 Å². The van der Waals surface area contributed by atoms with Crippen LogP contribution in [0.2, 0.25) is 5.02 Å². The molecule has 2 rings (SSSR count). The van der Waals surface area contributed by atoms with Gasteiger partial charge >= 0.3 is 5.97 Å². The Bertz CT molecular complexity index is 814. The number of methoxy groups -OCH3 is 1. The molecule has 1 aliphatic rings. The number of carboxylic acids is 1. The minimum Gasteiger partial charge on any atom is -0.493 e. The van der Waals surface area contributed by atoms with Gasteiger partial charge < -0.3 is 14.6 Å². The summed E-state index contributed by atoms with van der Waals surface area (Å²) in [5, 5.41) is 8.32. The van der Waals surface area contributed by atoms with Crippen molar-refractivity contribution >= 4 is 46.6 Å². The summed E-state index contributed by atoms with van der Waals surface area (Å²) >= 11 is 6.80. The van der Waals surface area contributed by atoms with Gasteiger partial charge in [-0.05, 0) is 35.5 Å². The van der Waals surface area contributed by atoms with E-state index >= 15 is 0 Å². The van der Waals surface area contributed by atoms with Gasteiger partial charge in [0.25, 0.3) is 11.1 Å². The quantitative estimate of drug-likeness (QED) is 0.597. The number of carboxylic acid groups (broad SMARTS) is 1. The molecule has 0 bridgehead atoms. The Morgan fingerprint density at radius 3 is 2.80 bits per heavy atom. The molecule has 1 fully saturated rings. The highest BCUT2D eigenvalue weighted by Crippen LogP contribution is 2.38. The van der Waals surface area contributed by atoms with Gasteiger partial charge in [0.05, 0.1) is 17.0 Å². The number of imide groups is 1. The maximum Gasteiger partial charge on any atom is 0.323 e. The molecule has 0 radical (unpaired) electrons. The molecule has 0 atom stereocenters. The number of carbonyl (C=O) groups is 3. The minimum absolute atomic E-state index is 0.00348. The van der Waals surface area contributed by atoms with Crippen LogP contribution in [-0.4, -0.2) is 47.4 Å². The molecule has 1 N–H and O–H groups in total. The topological polar surface area (TPSA) is 93.1 Å². The number of hydrogen-bond acceptors (Lipinski definition) is 6. The normalized spacial score (nSPS) is 15.4. The highest BCUT2D eigenvalue weighted by molar-refractivity contribution is 8.18. The van der Waals surface area contributed by atoms with E-state index in [1.807, 2.05) is 0 Å². The molecule has 1 saturated heterocycles. The fraction of sp³-hybridized carbons (Fsp3) is 0.188. The molecule has 0 saturated carbocycles. The van der Waals surface area contributed by atoms with Crippen LogP contribution in [-0.2, 0) is 9.59 Å². The van der Waals surface area contributed by atoms with Gasteiger partial charge in [-0.2, -0.15) is 0 Å². The second-order valence-corrected chi connectivity index (χ2v) is 6.09. The van der Waals surface area contributed by atoms with Gasteiger partial charge in [0.15, 0.2) is 11.5 Å². The second kappa shape index (κ2) is 7.96. The van der Waals surface area contributed by atoms with Crippen molar-refractivity contribution in [3.63, 3.8) is 0 Å². The van der Waals surface area contributed by atoms with Crippen molar-refractivity contribution in [2.45, 2.75) is 0 Å². The number of terminal acetylenes is 1. The van der Waals surface area contributed by atoms with E-state index in [9.17, 15) is 14.4 Å². The van der Waals surface area contributed by atoms with Crippen molar-refractivity contribution in [1.82, 2.24) is 4.90 Å². The number of hydrogen-bond donors (Lipinski definition) is 1. The Hall–Kier alpha value is -2.63. The standard InChI is InChI=1S/C16H12ClNO6S/c1-3-4-24-14-10(17)5-9(6-11(14)23-2)7-12-15(21)18(8-13(19)20)16(22)25-12/h1,5-7H,4,8H2,2H3,(H,19,20)/b12-7+. The lowest BCUT2D eigenvalue weighted by Gasteiger charge is -2.12. The predicted octanol–water partition coefficient (Wildman–Crippen LogP) is 2.48. The van der Waals surface area contributed by atoms with E-state index < -0.39 is 23.7 Å². The van der Waals surface area contributed by atoms with Gasteiger partial charge in [-0.1, -0.05) is 17.5 Å². The second-order valence-electron chi connectivity index (χ2n) is 4.69. The summed E-state index contributed by atoms with van der Waals surface area (Å²) < 4.78 is 10.5. The van der Waals surface area contributed by atoms with Crippen molar-refractivity contribution in [2.75, 3.05) is 20.3 Å². The minimum atomic E-state index is -1.27. The van der Waals surface area contributed by atoms with E-state index in [1.54, 1.807) is 6.07 Å². The first-order valence-electron chi connectivity index (χ1n) is 6.78. The third-order valence-electron chi connectivity index (χ3n) is 3.02. The molecule has 0 unspecified atom stereocenters. The summed E-state index contributed by atoms with van der Waals surface area (Å²) in [7, 11) is 1.42. The summed E-state index contributed by atoms with van der Waals surface area (Å²) in [6.07, 6.45) is 6.57. The first kappa shape index (κ1) is 18.7. The van der Waals surface area contributed by atoms with Crippen LogP contribution in [0.25, 0.3) is 6.08 Å². The number of thioether (sulfide) groups is 1. The lowest BCUT2D eigenvalue weighted by molar-refractivity contribution is -0.140. The number of rotatable bonds is 6. The number of benzene rings is 1. The van der Waals surface area contributed by atoms with E-state index in [0.717, 1.165) is 0 Å². The molecule has 2 amide bonds. The fourth-order valence-corrected chi connectivity index (χ4v) is 3.11. The van der Waals surface area contributed by atoms with Crippen LogP contribution in [0.4, 0.5) is 4.79 Å². The van der Waals surface area contributed by atoms with Crippen molar-refractivity contribution in [2.24, 2.45) is 0 Å². The molecular formula is C16H12ClNO6S. The van der Waals surface area contributed by atoms with Crippen molar-refractivity contribution in [3.8, 4) is 23.8 Å². The van der Waals surface area contributed by atoms with Crippen LogP contribution >= 0.6 is 23.4 Å². The Balaban J connectivity index is 2.34. The number of aliphatic carboxylic acids is 1. The Morgan fingerprint density at radius 1 is 1.48 bits per heavy atom. The lowest BCUT2D eigenvalue weighted by atomic mass is 10.1. The molecule has 1 aromatic carbocycles. The lowest BCUT2D eigenvalue weighted by Crippen LogP contribution is -2.33. The maximum absolute atomic E-state index is 12.1. The predicted molar refractivity (Wildman–Crippen MR) is 92.6 cm³/mol. The number of nitrogens with zero attached hydrogens (tertiary/aromatic N) is 1. The molecule has 0 aliphatic carbocycles. The van der Waals surface area contributed by atoms with Crippen molar-refractivity contribution in [3.05, 3.63) is 27.6 Å². The zero-order valence-corrected chi connectivity index (χ0v) is 14.5. The molecular weight excluding hydrogens is 370 g/mol.